The molecule has 0 saturated carbocycles. The molecule has 0 unspecified atom stereocenters. The lowest BCUT2D eigenvalue weighted by molar-refractivity contribution is -0.124. The van der Waals surface area contributed by atoms with Crippen LogP contribution in [0.4, 0.5) is 0 Å². The first kappa shape index (κ1) is 18.7. The van der Waals surface area contributed by atoms with Crippen LogP contribution in [-0.2, 0) is 20.8 Å². The first-order valence-electron chi connectivity index (χ1n) is 7.76. The summed E-state index contributed by atoms with van der Waals surface area (Å²) in [7, 11) is 0. The van der Waals surface area contributed by atoms with Crippen molar-refractivity contribution in [3.05, 3.63) is 44.9 Å². The first-order valence-corrected chi connectivity index (χ1v) is 8.64. The van der Waals surface area contributed by atoms with Crippen molar-refractivity contribution in [2.45, 2.75) is 27.3 Å². The van der Waals surface area contributed by atoms with E-state index < -0.39 is 17.8 Å². The van der Waals surface area contributed by atoms with Crippen LogP contribution < -0.4 is 5.32 Å². The fraction of sp³-hybridized carbons (Fsp3) is 0.353. The number of carbonyl (C=O) groups is 3. The number of aromatic nitrogens is 1. The number of esters is 2. The van der Waals surface area contributed by atoms with Crippen LogP contribution in [0.15, 0.2) is 17.5 Å². The summed E-state index contributed by atoms with van der Waals surface area (Å²) in [5.74, 6) is -1.58. The van der Waals surface area contributed by atoms with E-state index in [2.05, 4.69) is 10.3 Å². The Morgan fingerprint density at radius 3 is 2.60 bits per heavy atom. The topological polar surface area (TPSA) is 97.5 Å². The summed E-state index contributed by atoms with van der Waals surface area (Å²) < 4.78 is 9.99. The molecule has 8 heteroatoms. The van der Waals surface area contributed by atoms with Gasteiger partial charge in [0.05, 0.1) is 18.7 Å². The highest BCUT2D eigenvalue weighted by molar-refractivity contribution is 7.09. The van der Waals surface area contributed by atoms with Gasteiger partial charge in [0.1, 0.15) is 5.69 Å². The monoisotopic (exact) mass is 364 g/mol. The standard InChI is InChI=1S/C17H20N2O5S/c1-4-23-17(22)15-10(2)14(11(3)19-15)16(21)24-9-13(20)18-8-12-6-5-7-25-12/h5-7,19H,4,8-9H2,1-3H3,(H,18,20). The average molecular weight is 364 g/mol. The summed E-state index contributed by atoms with van der Waals surface area (Å²) in [6.45, 7) is 5.23. The van der Waals surface area contributed by atoms with E-state index in [0.29, 0.717) is 17.8 Å². The third-order valence-corrected chi connectivity index (χ3v) is 4.37. The number of aromatic amines is 1. The average Bonchev–Trinajstić information content (AvgIpc) is 3.19. The molecule has 25 heavy (non-hydrogen) atoms. The van der Waals surface area contributed by atoms with E-state index in [4.69, 9.17) is 9.47 Å². The Bertz CT molecular complexity index is 764. The predicted molar refractivity (Wildman–Crippen MR) is 92.7 cm³/mol. The summed E-state index contributed by atoms with van der Waals surface area (Å²) in [4.78, 5) is 39.7. The Morgan fingerprint density at radius 1 is 1.20 bits per heavy atom. The van der Waals surface area contributed by atoms with Gasteiger partial charge in [0.2, 0.25) is 0 Å². The molecule has 0 saturated heterocycles. The maximum Gasteiger partial charge on any atom is 0.355 e. The number of thiophene rings is 1. The number of H-pyrrole nitrogens is 1. The van der Waals surface area contributed by atoms with E-state index in [9.17, 15) is 14.4 Å². The van der Waals surface area contributed by atoms with Gasteiger partial charge in [-0.05, 0) is 37.8 Å². The lowest BCUT2D eigenvalue weighted by Crippen LogP contribution is -2.28. The lowest BCUT2D eigenvalue weighted by atomic mass is 10.1. The van der Waals surface area contributed by atoms with Gasteiger partial charge in [-0.25, -0.2) is 9.59 Å². The van der Waals surface area contributed by atoms with Crippen LogP contribution in [-0.4, -0.2) is 36.0 Å². The number of hydrogen-bond donors (Lipinski definition) is 2. The zero-order valence-electron chi connectivity index (χ0n) is 14.3. The Kier molecular flexibility index (Phi) is 6.35. The van der Waals surface area contributed by atoms with Gasteiger partial charge in [-0.2, -0.15) is 0 Å². The van der Waals surface area contributed by atoms with E-state index in [1.807, 2.05) is 17.5 Å². The van der Waals surface area contributed by atoms with Gasteiger partial charge in [-0.3, -0.25) is 4.79 Å². The molecule has 0 aliphatic heterocycles. The lowest BCUT2D eigenvalue weighted by Gasteiger charge is -2.06. The van der Waals surface area contributed by atoms with Gasteiger partial charge in [-0.15, -0.1) is 11.3 Å². The molecule has 0 spiro atoms. The number of amides is 1. The van der Waals surface area contributed by atoms with Crippen molar-refractivity contribution in [3.63, 3.8) is 0 Å². The smallest absolute Gasteiger partial charge is 0.355 e. The fourth-order valence-electron chi connectivity index (χ4n) is 2.32. The molecule has 2 rings (SSSR count). The quantitative estimate of drug-likeness (QED) is 0.735. The minimum absolute atomic E-state index is 0.216. The van der Waals surface area contributed by atoms with Crippen LogP contribution in [0.25, 0.3) is 0 Å². The summed E-state index contributed by atoms with van der Waals surface area (Å²) in [5.41, 5.74) is 1.40. The van der Waals surface area contributed by atoms with E-state index in [-0.39, 0.29) is 24.5 Å². The van der Waals surface area contributed by atoms with Crippen LogP contribution in [0.1, 0.15) is 43.9 Å². The van der Waals surface area contributed by atoms with Crippen molar-refractivity contribution in [1.29, 1.82) is 0 Å². The largest absolute Gasteiger partial charge is 0.461 e. The zero-order chi connectivity index (χ0) is 18.4. The van der Waals surface area contributed by atoms with Gasteiger partial charge >= 0.3 is 11.9 Å². The van der Waals surface area contributed by atoms with Gasteiger partial charge < -0.3 is 19.8 Å². The SMILES string of the molecule is CCOC(=O)c1[nH]c(C)c(C(=O)OCC(=O)NCc2cccs2)c1C. The highest BCUT2D eigenvalue weighted by atomic mass is 32.1. The maximum atomic E-state index is 12.2. The maximum absolute atomic E-state index is 12.2. The number of ether oxygens (including phenoxy) is 2. The van der Waals surface area contributed by atoms with Gasteiger partial charge in [0.25, 0.3) is 5.91 Å². The summed E-state index contributed by atoms with van der Waals surface area (Å²) in [5, 5.41) is 4.59. The second-order valence-electron chi connectivity index (χ2n) is 5.28. The van der Waals surface area contributed by atoms with Crippen molar-refractivity contribution in [1.82, 2.24) is 10.3 Å². The Morgan fingerprint density at radius 2 is 1.96 bits per heavy atom. The van der Waals surface area contributed by atoms with Crippen molar-refractivity contribution in [2.24, 2.45) is 0 Å². The molecular formula is C17H20N2O5S. The second kappa shape index (κ2) is 8.48. The Labute approximate surface area is 149 Å². The normalized spacial score (nSPS) is 10.4. The highest BCUT2D eigenvalue weighted by Crippen LogP contribution is 2.19. The Balaban J connectivity index is 1.94. The molecule has 0 aromatic carbocycles. The molecule has 134 valence electrons. The van der Waals surface area contributed by atoms with E-state index in [1.54, 1.807) is 20.8 Å². The Hall–Kier alpha value is -2.61. The van der Waals surface area contributed by atoms with Gasteiger partial charge in [0, 0.05) is 10.6 Å². The molecule has 2 N–H and O–H groups in total. The summed E-state index contributed by atoms with van der Waals surface area (Å²) in [6, 6.07) is 3.80. The fourth-order valence-corrected chi connectivity index (χ4v) is 2.96. The molecule has 2 aromatic heterocycles. The van der Waals surface area contributed by atoms with E-state index in [1.165, 1.54) is 11.3 Å². The number of rotatable bonds is 7. The number of hydrogen-bond acceptors (Lipinski definition) is 6. The van der Waals surface area contributed by atoms with Crippen molar-refractivity contribution >= 4 is 29.2 Å². The summed E-state index contributed by atoms with van der Waals surface area (Å²) in [6.07, 6.45) is 0. The third-order valence-electron chi connectivity index (χ3n) is 3.50. The molecule has 0 atom stereocenters. The van der Waals surface area contributed by atoms with E-state index in [0.717, 1.165) is 4.88 Å². The van der Waals surface area contributed by atoms with Crippen molar-refractivity contribution in [2.75, 3.05) is 13.2 Å². The molecule has 2 aromatic rings. The zero-order valence-corrected chi connectivity index (χ0v) is 15.1. The van der Waals surface area contributed by atoms with Crippen molar-refractivity contribution in [3.8, 4) is 0 Å². The molecule has 2 heterocycles. The molecule has 0 aliphatic carbocycles. The minimum Gasteiger partial charge on any atom is -0.461 e. The predicted octanol–water partition coefficient (Wildman–Crippen LogP) is 2.34. The molecule has 0 fully saturated rings. The van der Waals surface area contributed by atoms with Crippen LogP contribution in [0.5, 0.6) is 0 Å². The highest BCUT2D eigenvalue weighted by Gasteiger charge is 2.24. The van der Waals surface area contributed by atoms with Crippen LogP contribution in [0.2, 0.25) is 0 Å². The first-order chi connectivity index (χ1) is 11.9. The second-order valence-corrected chi connectivity index (χ2v) is 6.31. The van der Waals surface area contributed by atoms with E-state index >= 15 is 0 Å². The molecule has 0 aliphatic rings. The number of nitrogens with one attached hydrogen (secondary N) is 2. The molecule has 7 nitrogen and oxygen atoms in total. The number of aryl methyl sites for hydroxylation is 1. The molecular weight excluding hydrogens is 344 g/mol. The van der Waals surface area contributed by atoms with Crippen LogP contribution in [0, 0.1) is 13.8 Å². The number of carbonyl (C=O) groups excluding carboxylic acids is 3. The summed E-state index contributed by atoms with van der Waals surface area (Å²) >= 11 is 1.53. The minimum atomic E-state index is -0.659. The third kappa shape index (κ3) is 4.69. The molecule has 0 bridgehead atoms. The van der Waals surface area contributed by atoms with Gasteiger partial charge in [-0.1, -0.05) is 6.07 Å². The van der Waals surface area contributed by atoms with Gasteiger partial charge in [0.15, 0.2) is 6.61 Å². The van der Waals surface area contributed by atoms with Crippen molar-refractivity contribution < 1.29 is 23.9 Å². The molecule has 1 amide bonds. The van der Waals surface area contributed by atoms with Crippen LogP contribution in [0.3, 0.4) is 0 Å². The molecule has 0 radical (unpaired) electrons. The van der Waals surface area contributed by atoms with Crippen LogP contribution >= 0.6 is 11.3 Å².